The first kappa shape index (κ1) is 28.5. The lowest BCUT2D eigenvalue weighted by Gasteiger charge is -2.24. The number of carbonyl (C=O) groups is 3. The van der Waals surface area contributed by atoms with Gasteiger partial charge in [-0.15, -0.1) is 23.2 Å². The number of alkyl halides is 2. The predicted molar refractivity (Wildman–Crippen MR) is 140 cm³/mol. The number of hydrogen-bond acceptors (Lipinski definition) is 5. The lowest BCUT2D eigenvalue weighted by atomic mass is 10.0. The summed E-state index contributed by atoms with van der Waals surface area (Å²) in [6, 6.07) is 15.3. The molecule has 0 aromatic heterocycles. The van der Waals surface area contributed by atoms with E-state index in [-0.39, 0.29) is 25.4 Å². The summed E-state index contributed by atoms with van der Waals surface area (Å²) >= 11 is 11.8. The Balaban J connectivity index is 2.16. The molecule has 0 fully saturated rings. The number of rotatable bonds is 14. The third kappa shape index (κ3) is 9.78. The standard InChI is InChI=1S/C26H33Cl2N3O4/c1-3-35-26(34)24(18-20-7-5-4-6-8-20)30-25(33)23(29-19(2)32)17-21-9-11-22(12-10-21)31(15-13-27)16-14-28/h4-12,23-24H,3,13-18H2,1-2H3,(H,29,32)(H,30,33)/t23-,24+/m1/s1. The highest BCUT2D eigenvalue weighted by atomic mass is 35.5. The number of nitrogens with one attached hydrogen (secondary N) is 2. The van der Waals surface area contributed by atoms with E-state index in [2.05, 4.69) is 15.5 Å². The van der Waals surface area contributed by atoms with Gasteiger partial charge in [0.2, 0.25) is 11.8 Å². The topological polar surface area (TPSA) is 87.7 Å². The Kier molecular flexibility index (Phi) is 12.4. The van der Waals surface area contributed by atoms with E-state index in [1.54, 1.807) is 6.92 Å². The number of carbonyl (C=O) groups excluding carboxylic acids is 3. The van der Waals surface area contributed by atoms with Crippen LogP contribution in [0.15, 0.2) is 54.6 Å². The average molecular weight is 522 g/mol. The highest BCUT2D eigenvalue weighted by molar-refractivity contribution is 6.18. The van der Waals surface area contributed by atoms with Crippen LogP contribution in [0, 0.1) is 0 Å². The quantitative estimate of drug-likeness (QED) is 0.294. The molecule has 0 spiro atoms. The molecule has 0 radical (unpaired) electrons. The second kappa shape index (κ2) is 15.3. The summed E-state index contributed by atoms with van der Waals surface area (Å²) in [6.45, 7) is 4.60. The third-order valence-corrected chi connectivity index (χ3v) is 5.65. The van der Waals surface area contributed by atoms with Crippen LogP contribution in [-0.4, -0.2) is 61.3 Å². The molecular weight excluding hydrogens is 489 g/mol. The van der Waals surface area contributed by atoms with Gasteiger partial charge in [-0.25, -0.2) is 4.79 Å². The summed E-state index contributed by atoms with van der Waals surface area (Å²) in [5.41, 5.74) is 2.71. The number of nitrogens with zero attached hydrogens (tertiary/aromatic N) is 1. The molecule has 0 aliphatic carbocycles. The van der Waals surface area contributed by atoms with Crippen molar-refractivity contribution in [2.75, 3.05) is 36.4 Å². The van der Waals surface area contributed by atoms with Crippen molar-refractivity contribution in [2.24, 2.45) is 0 Å². The van der Waals surface area contributed by atoms with Crippen LogP contribution in [0.3, 0.4) is 0 Å². The van der Waals surface area contributed by atoms with Crippen molar-refractivity contribution in [3.63, 3.8) is 0 Å². The predicted octanol–water partition coefficient (Wildman–Crippen LogP) is 3.31. The smallest absolute Gasteiger partial charge is 0.328 e. The largest absolute Gasteiger partial charge is 0.464 e. The monoisotopic (exact) mass is 521 g/mol. The van der Waals surface area contributed by atoms with Gasteiger partial charge in [0.1, 0.15) is 12.1 Å². The number of esters is 1. The molecule has 0 bridgehead atoms. The van der Waals surface area contributed by atoms with Gasteiger partial charge in [0.15, 0.2) is 0 Å². The molecular formula is C26H33Cl2N3O4. The molecule has 2 atom stereocenters. The average Bonchev–Trinajstić information content (AvgIpc) is 2.84. The molecule has 0 saturated heterocycles. The second-order valence-electron chi connectivity index (χ2n) is 7.99. The molecule has 0 heterocycles. The van der Waals surface area contributed by atoms with Crippen LogP contribution in [0.4, 0.5) is 5.69 Å². The van der Waals surface area contributed by atoms with E-state index in [0.717, 1.165) is 16.8 Å². The van der Waals surface area contributed by atoms with Gasteiger partial charge >= 0.3 is 5.97 Å². The Bertz CT molecular complexity index is 935. The van der Waals surface area contributed by atoms with Crippen LogP contribution < -0.4 is 15.5 Å². The van der Waals surface area contributed by atoms with E-state index < -0.39 is 24.0 Å². The fraction of sp³-hybridized carbons (Fsp3) is 0.423. The number of halogens is 2. The van der Waals surface area contributed by atoms with Crippen molar-refractivity contribution in [1.82, 2.24) is 10.6 Å². The molecule has 7 nitrogen and oxygen atoms in total. The molecule has 35 heavy (non-hydrogen) atoms. The zero-order chi connectivity index (χ0) is 25.6. The summed E-state index contributed by atoms with van der Waals surface area (Å²) in [5, 5.41) is 5.47. The van der Waals surface area contributed by atoms with Crippen molar-refractivity contribution in [1.29, 1.82) is 0 Å². The molecule has 0 aliphatic heterocycles. The summed E-state index contributed by atoms with van der Waals surface area (Å²) in [7, 11) is 0. The number of anilines is 1. The summed E-state index contributed by atoms with van der Waals surface area (Å²) < 4.78 is 5.17. The van der Waals surface area contributed by atoms with Gasteiger partial charge in [-0.05, 0) is 30.2 Å². The molecule has 0 unspecified atom stereocenters. The van der Waals surface area contributed by atoms with Gasteiger partial charge in [-0.1, -0.05) is 42.5 Å². The molecule has 2 aromatic carbocycles. The van der Waals surface area contributed by atoms with E-state index in [4.69, 9.17) is 27.9 Å². The lowest BCUT2D eigenvalue weighted by Crippen LogP contribution is -2.53. The summed E-state index contributed by atoms with van der Waals surface area (Å²) in [4.78, 5) is 39.6. The van der Waals surface area contributed by atoms with Gasteiger partial charge in [-0.2, -0.15) is 0 Å². The SMILES string of the molecule is CCOC(=O)[C@H](Cc1ccccc1)NC(=O)[C@@H](Cc1ccc(N(CCCl)CCCl)cc1)NC(C)=O. The number of benzene rings is 2. The minimum atomic E-state index is -0.872. The summed E-state index contributed by atoms with van der Waals surface area (Å²) in [5.74, 6) is -0.353. The lowest BCUT2D eigenvalue weighted by molar-refractivity contribution is -0.147. The minimum Gasteiger partial charge on any atom is -0.464 e. The maximum absolute atomic E-state index is 13.2. The summed E-state index contributed by atoms with van der Waals surface area (Å²) in [6.07, 6.45) is 0.543. The molecule has 190 valence electrons. The Hall–Kier alpha value is -2.77. The van der Waals surface area contributed by atoms with Gasteiger partial charge < -0.3 is 20.3 Å². The van der Waals surface area contributed by atoms with Crippen molar-refractivity contribution < 1.29 is 19.1 Å². The Morgan fingerprint density at radius 2 is 1.43 bits per heavy atom. The van der Waals surface area contributed by atoms with E-state index in [0.29, 0.717) is 24.8 Å². The zero-order valence-corrected chi connectivity index (χ0v) is 21.6. The van der Waals surface area contributed by atoms with Crippen LogP contribution in [0.1, 0.15) is 25.0 Å². The fourth-order valence-corrected chi connectivity index (χ4v) is 4.07. The van der Waals surface area contributed by atoms with Gasteiger partial charge in [0.25, 0.3) is 0 Å². The fourth-order valence-electron chi connectivity index (χ4n) is 3.67. The number of hydrogen-bond donors (Lipinski definition) is 2. The zero-order valence-electron chi connectivity index (χ0n) is 20.1. The maximum Gasteiger partial charge on any atom is 0.328 e. The van der Waals surface area contributed by atoms with Crippen LogP contribution in [0.5, 0.6) is 0 Å². The molecule has 2 rings (SSSR count). The first-order valence-electron chi connectivity index (χ1n) is 11.6. The van der Waals surface area contributed by atoms with Crippen LogP contribution in [0.2, 0.25) is 0 Å². The van der Waals surface area contributed by atoms with Gasteiger partial charge in [0.05, 0.1) is 6.61 Å². The first-order chi connectivity index (χ1) is 16.9. The van der Waals surface area contributed by atoms with E-state index in [1.807, 2.05) is 54.6 Å². The Labute approximate surface area is 217 Å². The van der Waals surface area contributed by atoms with Crippen molar-refractivity contribution >= 4 is 46.7 Å². The van der Waals surface area contributed by atoms with Gasteiger partial charge in [-0.3, -0.25) is 9.59 Å². The van der Waals surface area contributed by atoms with Crippen molar-refractivity contribution in [3.8, 4) is 0 Å². The molecule has 2 aromatic rings. The molecule has 0 saturated carbocycles. The molecule has 0 aliphatic rings. The number of amides is 2. The molecule has 2 N–H and O–H groups in total. The third-order valence-electron chi connectivity index (χ3n) is 5.31. The van der Waals surface area contributed by atoms with Gasteiger partial charge in [0, 0.05) is 50.3 Å². The van der Waals surface area contributed by atoms with E-state index in [1.165, 1.54) is 6.92 Å². The highest BCUT2D eigenvalue weighted by Crippen LogP contribution is 2.17. The Morgan fingerprint density at radius 1 is 0.857 bits per heavy atom. The van der Waals surface area contributed by atoms with Crippen LogP contribution in [-0.2, 0) is 32.0 Å². The Morgan fingerprint density at radius 3 is 1.97 bits per heavy atom. The van der Waals surface area contributed by atoms with Crippen LogP contribution >= 0.6 is 23.2 Å². The molecule has 9 heteroatoms. The number of ether oxygens (including phenoxy) is 1. The van der Waals surface area contributed by atoms with E-state index >= 15 is 0 Å². The van der Waals surface area contributed by atoms with Crippen molar-refractivity contribution in [2.45, 2.75) is 38.8 Å². The normalized spacial score (nSPS) is 12.3. The maximum atomic E-state index is 13.2. The molecule has 2 amide bonds. The minimum absolute atomic E-state index is 0.200. The second-order valence-corrected chi connectivity index (χ2v) is 8.75. The highest BCUT2D eigenvalue weighted by Gasteiger charge is 2.27. The van der Waals surface area contributed by atoms with Crippen molar-refractivity contribution in [3.05, 3.63) is 65.7 Å². The van der Waals surface area contributed by atoms with E-state index in [9.17, 15) is 14.4 Å². The van der Waals surface area contributed by atoms with Crippen LogP contribution in [0.25, 0.3) is 0 Å². The first-order valence-corrected chi connectivity index (χ1v) is 12.7.